The summed E-state index contributed by atoms with van der Waals surface area (Å²) < 4.78 is 0. The molecule has 3 aromatic carbocycles. The summed E-state index contributed by atoms with van der Waals surface area (Å²) in [5, 5.41) is 16.8. The Morgan fingerprint density at radius 1 is 0.971 bits per heavy atom. The SMILES string of the molecule is CC[C@@H](Nc1c(Nc2ccnc(C(=O)N3Cc4ccccc4C3)c2O)c(=O)c1=O)c1ccccc1. The second-order valence-corrected chi connectivity index (χ2v) is 8.53. The van der Waals surface area contributed by atoms with E-state index < -0.39 is 16.8 Å². The van der Waals surface area contributed by atoms with Gasteiger partial charge in [-0.25, -0.2) is 4.98 Å². The summed E-state index contributed by atoms with van der Waals surface area (Å²) >= 11 is 0. The van der Waals surface area contributed by atoms with Crippen LogP contribution in [0.3, 0.4) is 0 Å². The van der Waals surface area contributed by atoms with Crippen molar-refractivity contribution < 1.29 is 9.90 Å². The molecule has 3 N–H and O–H groups in total. The lowest BCUT2D eigenvalue weighted by Crippen LogP contribution is -2.37. The summed E-state index contributed by atoms with van der Waals surface area (Å²) in [7, 11) is 0. The first-order valence-electron chi connectivity index (χ1n) is 11.4. The fraction of sp³-hybridized carbons (Fsp3) is 0.185. The molecule has 0 fully saturated rings. The number of carbonyl (C=O) groups is 1. The van der Waals surface area contributed by atoms with Crippen LogP contribution in [-0.2, 0) is 13.1 Å². The number of pyridine rings is 1. The Morgan fingerprint density at radius 2 is 1.60 bits per heavy atom. The summed E-state index contributed by atoms with van der Waals surface area (Å²) in [4.78, 5) is 43.5. The van der Waals surface area contributed by atoms with Crippen LogP contribution in [0.4, 0.5) is 17.1 Å². The number of aromatic hydroxyl groups is 1. The minimum Gasteiger partial charge on any atom is -0.504 e. The van der Waals surface area contributed by atoms with Crippen LogP contribution in [0, 0.1) is 0 Å². The quantitative estimate of drug-likeness (QED) is 0.353. The lowest BCUT2D eigenvalue weighted by molar-refractivity contribution is 0.0742. The fourth-order valence-corrected chi connectivity index (χ4v) is 4.40. The van der Waals surface area contributed by atoms with Crippen LogP contribution in [-0.4, -0.2) is 20.9 Å². The zero-order valence-electron chi connectivity index (χ0n) is 19.1. The van der Waals surface area contributed by atoms with Crippen molar-refractivity contribution >= 4 is 23.0 Å². The van der Waals surface area contributed by atoms with E-state index in [9.17, 15) is 19.5 Å². The fourth-order valence-electron chi connectivity index (χ4n) is 4.40. The average molecular weight is 469 g/mol. The molecule has 0 unspecified atom stereocenters. The van der Waals surface area contributed by atoms with E-state index in [0.717, 1.165) is 16.7 Å². The number of hydrogen-bond donors (Lipinski definition) is 3. The van der Waals surface area contributed by atoms with Crippen molar-refractivity contribution in [1.29, 1.82) is 0 Å². The highest BCUT2D eigenvalue weighted by atomic mass is 16.3. The van der Waals surface area contributed by atoms with Gasteiger partial charge in [0.05, 0.1) is 11.7 Å². The van der Waals surface area contributed by atoms with Crippen LogP contribution in [0.15, 0.2) is 76.4 Å². The van der Waals surface area contributed by atoms with Gasteiger partial charge in [0.1, 0.15) is 11.4 Å². The number of aromatic nitrogens is 1. The van der Waals surface area contributed by atoms with Gasteiger partial charge in [-0.2, -0.15) is 0 Å². The number of nitrogens with zero attached hydrogens (tertiary/aromatic N) is 2. The molecule has 1 aliphatic heterocycles. The molecule has 0 radical (unpaired) electrons. The summed E-state index contributed by atoms with van der Waals surface area (Å²) in [5.74, 6) is -0.789. The molecule has 5 rings (SSSR count). The largest absolute Gasteiger partial charge is 0.504 e. The molecule has 0 bridgehead atoms. The number of fused-ring (bicyclic) bond motifs is 1. The topological polar surface area (TPSA) is 112 Å². The minimum atomic E-state index is -0.686. The molecule has 0 saturated heterocycles. The maximum atomic E-state index is 13.1. The standard InChI is InChI=1S/C27H24N4O4/c1-2-19(16-8-4-3-5-9-16)29-21-22(26(34)25(21)33)30-20-12-13-28-23(24(20)32)27(35)31-14-17-10-6-7-11-18(17)15-31/h3-13,19,29,32H,2,14-15H2,1H3,(H,28,30)/t19-/m1/s1. The van der Waals surface area contributed by atoms with E-state index in [0.29, 0.717) is 19.5 Å². The van der Waals surface area contributed by atoms with Gasteiger partial charge >= 0.3 is 0 Å². The predicted octanol–water partition coefficient (Wildman–Crippen LogP) is 3.85. The third-order valence-electron chi connectivity index (χ3n) is 6.35. The molecular formula is C27H24N4O4. The molecule has 1 atom stereocenters. The Bertz CT molecular complexity index is 1450. The number of rotatable bonds is 7. The highest BCUT2D eigenvalue weighted by molar-refractivity contribution is 5.97. The molecule has 0 aliphatic carbocycles. The lowest BCUT2D eigenvalue weighted by atomic mass is 10.0. The zero-order valence-corrected chi connectivity index (χ0v) is 19.1. The molecule has 1 aliphatic rings. The number of carbonyl (C=O) groups excluding carboxylic acids is 1. The van der Waals surface area contributed by atoms with Crippen molar-refractivity contribution in [2.24, 2.45) is 0 Å². The molecular weight excluding hydrogens is 444 g/mol. The highest BCUT2D eigenvalue weighted by Gasteiger charge is 2.29. The predicted molar refractivity (Wildman–Crippen MR) is 134 cm³/mol. The normalized spacial score (nSPS) is 13.5. The Balaban J connectivity index is 1.38. The average Bonchev–Trinajstić information content (AvgIpc) is 3.33. The molecule has 2 heterocycles. The van der Waals surface area contributed by atoms with E-state index in [1.807, 2.05) is 61.5 Å². The number of nitrogens with one attached hydrogen (secondary N) is 2. The third-order valence-corrected chi connectivity index (χ3v) is 6.35. The minimum absolute atomic E-state index is 0.0536. The number of benzene rings is 2. The third kappa shape index (κ3) is 4.03. The Kier molecular flexibility index (Phi) is 5.78. The van der Waals surface area contributed by atoms with Gasteiger partial charge in [-0.3, -0.25) is 14.4 Å². The van der Waals surface area contributed by atoms with Gasteiger partial charge in [-0.15, -0.1) is 0 Å². The van der Waals surface area contributed by atoms with Crippen molar-refractivity contribution in [1.82, 2.24) is 9.88 Å². The van der Waals surface area contributed by atoms with Crippen LogP contribution in [0.1, 0.15) is 46.6 Å². The van der Waals surface area contributed by atoms with Crippen molar-refractivity contribution in [2.45, 2.75) is 32.5 Å². The van der Waals surface area contributed by atoms with E-state index in [1.165, 1.54) is 12.3 Å². The molecule has 176 valence electrons. The van der Waals surface area contributed by atoms with Crippen LogP contribution in [0.2, 0.25) is 0 Å². The van der Waals surface area contributed by atoms with E-state index in [-0.39, 0.29) is 34.5 Å². The van der Waals surface area contributed by atoms with Gasteiger partial charge in [0.25, 0.3) is 16.8 Å². The van der Waals surface area contributed by atoms with Gasteiger partial charge in [0, 0.05) is 19.3 Å². The molecule has 35 heavy (non-hydrogen) atoms. The summed E-state index contributed by atoms with van der Waals surface area (Å²) in [6.07, 6.45) is 2.08. The first kappa shape index (κ1) is 22.3. The molecule has 0 saturated carbocycles. The Labute approximate surface area is 201 Å². The molecule has 4 aromatic rings. The molecule has 8 heteroatoms. The molecule has 1 aromatic heterocycles. The number of amides is 1. The van der Waals surface area contributed by atoms with E-state index in [2.05, 4.69) is 15.6 Å². The van der Waals surface area contributed by atoms with Crippen molar-refractivity contribution in [3.63, 3.8) is 0 Å². The van der Waals surface area contributed by atoms with Crippen molar-refractivity contribution in [2.75, 3.05) is 10.6 Å². The Morgan fingerprint density at radius 3 is 2.26 bits per heavy atom. The van der Waals surface area contributed by atoms with Crippen molar-refractivity contribution in [3.05, 3.63) is 110 Å². The van der Waals surface area contributed by atoms with Crippen LogP contribution in [0.25, 0.3) is 0 Å². The van der Waals surface area contributed by atoms with E-state index >= 15 is 0 Å². The second-order valence-electron chi connectivity index (χ2n) is 8.53. The van der Waals surface area contributed by atoms with Crippen LogP contribution >= 0.6 is 0 Å². The summed E-state index contributed by atoms with van der Waals surface area (Å²) in [6, 6.07) is 18.7. The molecule has 8 nitrogen and oxygen atoms in total. The molecule has 0 spiro atoms. The van der Waals surface area contributed by atoms with Gasteiger partial charge in [0.15, 0.2) is 11.4 Å². The maximum absolute atomic E-state index is 13.1. The number of hydrogen-bond acceptors (Lipinski definition) is 7. The first-order chi connectivity index (χ1) is 17.0. The first-order valence-corrected chi connectivity index (χ1v) is 11.4. The smallest absolute Gasteiger partial charge is 0.276 e. The van der Waals surface area contributed by atoms with Gasteiger partial charge in [0.2, 0.25) is 0 Å². The Hall–Kier alpha value is -4.46. The monoisotopic (exact) mass is 468 g/mol. The van der Waals surface area contributed by atoms with Crippen LogP contribution in [0.5, 0.6) is 5.75 Å². The van der Waals surface area contributed by atoms with Crippen LogP contribution < -0.4 is 21.5 Å². The molecule has 1 amide bonds. The van der Waals surface area contributed by atoms with Crippen molar-refractivity contribution in [3.8, 4) is 5.75 Å². The van der Waals surface area contributed by atoms with Gasteiger partial charge in [-0.1, -0.05) is 61.5 Å². The zero-order chi connectivity index (χ0) is 24.5. The summed E-state index contributed by atoms with van der Waals surface area (Å²) in [5.41, 5.74) is 2.00. The second kappa shape index (κ2) is 9.06. The van der Waals surface area contributed by atoms with Gasteiger partial charge in [-0.05, 0) is 29.2 Å². The highest BCUT2D eigenvalue weighted by Crippen LogP contribution is 2.33. The van der Waals surface area contributed by atoms with E-state index in [4.69, 9.17) is 0 Å². The lowest BCUT2D eigenvalue weighted by Gasteiger charge is -2.22. The summed E-state index contributed by atoms with van der Waals surface area (Å²) in [6.45, 7) is 2.84. The van der Waals surface area contributed by atoms with E-state index in [1.54, 1.807) is 4.90 Å². The number of anilines is 3. The van der Waals surface area contributed by atoms with Gasteiger partial charge < -0.3 is 20.6 Å². The maximum Gasteiger partial charge on any atom is 0.276 e.